The summed E-state index contributed by atoms with van der Waals surface area (Å²) in [6.45, 7) is 2.09. The van der Waals surface area contributed by atoms with Crippen molar-refractivity contribution < 1.29 is 14.3 Å². The average molecular weight is 413 g/mol. The van der Waals surface area contributed by atoms with E-state index in [1.54, 1.807) is 23.9 Å². The van der Waals surface area contributed by atoms with Gasteiger partial charge in [0.15, 0.2) is 0 Å². The van der Waals surface area contributed by atoms with E-state index in [-0.39, 0.29) is 17.9 Å². The maximum absolute atomic E-state index is 12.3. The highest BCUT2D eigenvalue weighted by Gasteiger charge is 2.23. The normalized spacial score (nSPS) is 14.4. The smallest absolute Gasteiger partial charge is 0.251 e. The number of carbonyl (C=O) groups excluding carboxylic acids is 2. The first-order chi connectivity index (χ1) is 14.2. The standard InChI is InChI=1S/C23H28N2O3S/c1-29-17-22(26)25-15-12-21(13-16-25)28-20-9-7-19(8-10-20)23(27)24-14-11-18-5-3-2-4-6-18/h2-10,21H,11-17H2,1H3,(H,24,27). The Morgan fingerprint density at radius 1 is 1.07 bits per heavy atom. The number of nitrogens with one attached hydrogen (secondary N) is 1. The van der Waals surface area contributed by atoms with Crippen molar-refractivity contribution in [2.75, 3.05) is 31.6 Å². The summed E-state index contributed by atoms with van der Waals surface area (Å²) in [5.74, 6) is 1.44. The van der Waals surface area contributed by atoms with Crippen LogP contribution in [0.5, 0.6) is 5.75 Å². The van der Waals surface area contributed by atoms with Gasteiger partial charge in [0.05, 0.1) is 5.75 Å². The Bertz CT molecular complexity index is 788. The molecule has 0 bridgehead atoms. The molecule has 0 aromatic heterocycles. The molecule has 2 amide bonds. The molecule has 154 valence electrons. The van der Waals surface area contributed by atoms with Crippen LogP contribution in [0.15, 0.2) is 54.6 Å². The van der Waals surface area contributed by atoms with Gasteiger partial charge in [-0.15, -0.1) is 0 Å². The molecule has 0 radical (unpaired) electrons. The fourth-order valence-electron chi connectivity index (χ4n) is 3.38. The van der Waals surface area contributed by atoms with Crippen molar-refractivity contribution in [1.29, 1.82) is 0 Å². The van der Waals surface area contributed by atoms with E-state index in [4.69, 9.17) is 4.74 Å². The van der Waals surface area contributed by atoms with Crippen molar-refractivity contribution in [1.82, 2.24) is 10.2 Å². The predicted octanol–water partition coefficient (Wildman–Crippen LogP) is 3.39. The van der Waals surface area contributed by atoms with Gasteiger partial charge in [-0.25, -0.2) is 0 Å². The monoisotopic (exact) mass is 412 g/mol. The van der Waals surface area contributed by atoms with Gasteiger partial charge in [-0.3, -0.25) is 9.59 Å². The highest BCUT2D eigenvalue weighted by atomic mass is 32.2. The topological polar surface area (TPSA) is 58.6 Å². The van der Waals surface area contributed by atoms with E-state index in [0.717, 1.165) is 38.1 Å². The van der Waals surface area contributed by atoms with Crippen LogP contribution in [0.2, 0.25) is 0 Å². The second-order valence-corrected chi connectivity index (χ2v) is 8.01. The number of nitrogens with zero attached hydrogens (tertiary/aromatic N) is 1. The van der Waals surface area contributed by atoms with Crippen LogP contribution >= 0.6 is 11.8 Å². The Balaban J connectivity index is 1.42. The maximum Gasteiger partial charge on any atom is 0.251 e. The summed E-state index contributed by atoms with van der Waals surface area (Å²) < 4.78 is 6.04. The molecule has 3 rings (SSSR count). The van der Waals surface area contributed by atoms with Crippen molar-refractivity contribution in [2.24, 2.45) is 0 Å². The second kappa shape index (κ2) is 10.9. The van der Waals surface area contributed by atoms with Crippen LogP contribution < -0.4 is 10.1 Å². The van der Waals surface area contributed by atoms with Crippen molar-refractivity contribution in [3.8, 4) is 5.75 Å². The van der Waals surface area contributed by atoms with Gasteiger partial charge in [0.25, 0.3) is 5.91 Å². The third kappa shape index (κ3) is 6.53. The molecule has 2 aromatic rings. The van der Waals surface area contributed by atoms with Gasteiger partial charge >= 0.3 is 0 Å². The van der Waals surface area contributed by atoms with Gasteiger partial charge in [0.2, 0.25) is 5.91 Å². The van der Waals surface area contributed by atoms with Crippen LogP contribution in [-0.4, -0.2) is 54.5 Å². The molecule has 5 nitrogen and oxygen atoms in total. The lowest BCUT2D eigenvalue weighted by Gasteiger charge is -2.32. The Hall–Kier alpha value is -2.47. The molecule has 0 aliphatic carbocycles. The average Bonchev–Trinajstić information content (AvgIpc) is 2.75. The summed E-state index contributed by atoms with van der Waals surface area (Å²) in [6.07, 6.45) is 4.54. The van der Waals surface area contributed by atoms with E-state index in [1.165, 1.54) is 5.56 Å². The molecule has 0 saturated carbocycles. The molecule has 1 saturated heterocycles. The molecule has 1 fully saturated rings. The minimum atomic E-state index is -0.0758. The number of rotatable bonds is 8. The molecule has 1 heterocycles. The SMILES string of the molecule is CSCC(=O)N1CCC(Oc2ccc(C(=O)NCCc3ccccc3)cc2)CC1. The van der Waals surface area contributed by atoms with Crippen LogP contribution in [0, 0.1) is 0 Å². The van der Waals surface area contributed by atoms with Crippen molar-refractivity contribution in [3.63, 3.8) is 0 Å². The number of thioether (sulfide) groups is 1. The van der Waals surface area contributed by atoms with Crippen LogP contribution in [-0.2, 0) is 11.2 Å². The number of likely N-dealkylation sites (tertiary alicyclic amines) is 1. The van der Waals surface area contributed by atoms with Gasteiger partial charge in [-0.2, -0.15) is 11.8 Å². The molecule has 1 aliphatic rings. The first kappa shape index (κ1) is 21.2. The molecular weight excluding hydrogens is 384 g/mol. The van der Waals surface area contributed by atoms with E-state index in [0.29, 0.717) is 17.9 Å². The molecule has 0 spiro atoms. The minimum absolute atomic E-state index is 0.0758. The third-order valence-electron chi connectivity index (χ3n) is 5.02. The molecule has 29 heavy (non-hydrogen) atoms. The lowest BCUT2D eigenvalue weighted by Crippen LogP contribution is -2.42. The van der Waals surface area contributed by atoms with Gasteiger partial charge in [-0.05, 0) is 42.5 Å². The quantitative estimate of drug-likeness (QED) is 0.722. The number of hydrogen-bond donors (Lipinski definition) is 1. The lowest BCUT2D eigenvalue weighted by atomic mass is 10.1. The van der Waals surface area contributed by atoms with E-state index in [2.05, 4.69) is 17.4 Å². The molecule has 2 aromatic carbocycles. The van der Waals surface area contributed by atoms with E-state index in [1.807, 2.05) is 41.5 Å². The van der Waals surface area contributed by atoms with Gasteiger partial charge in [0, 0.05) is 38.0 Å². The zero-order chi connectivity index (χ0) is 20.5. The summed E-state index contributed by atoms with van der Waals surface area (Å²) >= 11 is 1.56. The van der Waals surface area contributed by atoms with Gasteiger partial charge in [0.1, 0.15) is 11.9 Å². The maximum atomic E-state index is 12.3. The number of piperidine rings is 1. The third-order valence-corrected chi connectivity index (χ3v) is 5.56. The first-order valence-corrected chi connectivity index (χ1v) is 11.4. The molecule has 0 atom stereocenters. The number of carbonyl (C=O) groups is 2. The minimum Gasteiger partial charge on any atom is -0.490 e. The Morgan fingerprint density at radius 2 is 1.76 bits per heavy atom. The van der Waals surface area contributed by atoms with Gasteiger partial charge in [-0.1, -0.05) is 30.3 Å². The van der Waals surface area contributed by atoms with E-state index in [9.17, 15) is 9.59 Å². The molecule has 6 heteroatoms. The summed E-state index contributed by atoms with van der Waals surface area (Å²) in [6, 6.07) is 17.4. The lowest BCUT2D eigenvalue weighted by molar-refractivity contribution is -0.130. The molecule has 1 N–H and O–H groups in total. The van der Waals surface area contributed by atoms with Crippen molar-refractivity contribution >= 4 is 23.6 Å². The number of amides is 2. The number of benzene rings is 2. The Labute approximate surface area is 176 Å². The second-order valence-electron chi connectivity index (χ2n) is 7.15. The highest BCUT2D eigenvalue weighted by molar-refractivity contribution is 7.99. The molecule has 0 unspecified atom stereocenters. The Kier molecular flexibility index (Phi) is 7.99. The fourth-order valence-corrected chi connectivity index (χ4v) is 3.81. The van der Waals surface area contributed by atoms with Crippen LogP contribution in [0.4, 0.5) is 0 Å². The zero-order valence-electron chi connectivity index (χ0n) is 16.8. The van der Waals surface area contributed by atoms with Crippen molar-refractivity contribution in [3.05, 3.63) is 65.7 Å². The highest BCUT2D eigenvalue weighted by Crippen LogP contribution is 2.20. The zero-order valence-corrected chi connectivity index (χ0v) is 17.6. The van der Waals surface area contributed by atoms with E-state index >= 15 is 0 Å². The summed E-state index contributed by atoms with van der Waals surface area (Å²) in [4.78, 5) is 26.2. The summed E-state index contributed by atoms with van der Waals surface area (Å²) in [7, 11) is 0. The van der Waals surface area contributed by atoms with Crippen LogP contribution in [0.25, 0.3) is 0 Å². The van der Waals surface area contributed by atoms with Crippen LogP contribution in [0.3, 0.4) is 0 Å². The molecular formula is C23H28N2O3S. The summed E-state index contributed by atoms with van der Waals surface area (Å²) in [5.41, 5.74) is 1.83. The number of ether oxygens (including phenoxy) is 1. The number of hydrogen-bond acceptors (Lipinski definition) is 4. The summed E-state index contributed by atoms with van der Waals surface area (Å²) in [5, 5.41) is 2.96. The fraction of sp³-hybridized carbons (Fsp3) is 0.391. The van der Waals surface area contributed by atoms with Crippen molar-refractivity contribution in [2.45, 2.75) is 25.4 Å². The predicted molar refractivity (Wildman–Crippen MR) is 118 cm³/mol. The largest absolute Gasteiger partial charge is 0.490 e. The first-order valence-electron chi connectivity index (χ1n) is 10.0. The van der Waals surface area contributed by atoms with E-state index < -0.39 is 0 Å². The Morgan fingerprint density at radius 3 is 2.41 bits per heavy atom. The van der Waals surface area contributed by atoms with Crippen LogP contribution in [0.1, 0.15) is 28.8 Å². The van der Waals surface area contributed by atoms with Gasteiger partial charge < -0.3 is 15.0 Å². The molecule has 1 aliphatic heterocycles.